The van der Waals surface area contributed by atoms with Gasteiger partial charge in [0.2, 0.25) is 4.80 Å². The monoisotopic (exact) mass is 557 g/mol. The van der Waals surface area contributed by atoms with Gasteiger partial charge in [0.25, 0.3) is 0 Å². The van der Waals surface area contributed by atoms with Crippen LogP contribution in [0.1, 0.15) is 5.56 Å². The van der Waals surface area contributed by atoms with Crippen LogP contribution in [0.5, 0.6) is 11.5 Å². The zero-order chi connectivity index (χ0) is 25.4. The molecule has 13 heteroatoms. The minimum Gasteiger partial charge on any atom is -0.457 e. The number of aromatic nitrogens is 2. The van der Waals surface area contributed by atoms with Crippen LogP contribution in [0.15, 0.2) is 71.7 Å². The number of hydrogen-bond donors (Lipinski definition) is 2. The van der Waals surface area contributed by atoms with E-state index in [0.717, 1.165) is 17.7 Å². The van der Waals surface area contributed by atoms with Gasteiger partial charge in [-0.05, 0) is 54.6 Å². The molecule has 0 saturated heterocycles. The molecule has 0 saturated carbocycles. The summed E-state index contributed by atoms with van der Waals surface area (Å²) in [4.78, 5) is 22.9. The van der Waals surface area contributed by atoms with Crippen molar-refractivity contribution in [3.8, 4) is 22.1 Å². The Morgan fingerprint density at radius 1 is 1.03 bits per heavy atom. The summed E-state index contributed by atoms with van der Waals surface area (Å²) >= 11 is 13.3. The summed E-state index contributed by atoms with van der Waals surface area (Å²) in [6, 6.07) is 16.3. The highest BCUT2D eigenvalue weighted by molar-refractivity contribution is 7.52. The molecule has 182 valence electrons. The van der Waals surface area contributed by atoms with Gasteiger partial charge in [0.15, 0.2) is 0 Å². The van der Waals surface area contributed by atoms with Crippen LogP contribution in [0.3, 0.4) is 0 Å². The normalized spacial score (nSPS) is 12.7. The summed E-state index contributed by atoms with van der Waals surface area (Å²) in [7, 11) is -3.89. The molecule has 0 unspecified atom stereocenters. The number of alkyl halides is 2. The van der Waals surface area contributed by atoms with Crippen LogP contribution in [0.2, 0.25) is 10.0 Å². The molecule has 0 spiro atoms. The molecule has 1 aromatic heterocycles. The van der Waals surface area contributed by atoms with E-state index in [1.807, 2.05) is 6.07 Å². The van der Waals surface area contributed by atoms with Gasteiger partial charge in [0.05, 0.1) is 15.7 Å². The van der Waals surface area contributed by atoms with Crippen LogP contribution in [0.25, 0.3) is 10.6 Å². The van der Waals surface area contributed by atoms with E-state index in [0.29, 0.717) is 31.3 Å². The van der Waals surface area contributed by atoms with E-state index in [9.17, 15) is 13.3 Å². The smallest absolute Gasteiger partial charge is 0.399 e. The zero-order valence-corrected chi connectivity index (χ0v) is 21.0. The maximum absolute atomic E-state index is 13.8. The fourth-order valence-corrected chi connectivity index (χ4v) is 4.63. The van der Waals surface area contributed by atoms with Crippen molar-refractivity contribution in [2.24, 2.45) is 12.0 Å². The number of rotatable bonds is 6. The number of ether oxygens (including phenoxy) is 1. The molecule has 4 aromatic rings. The predicted octanol–water partition coefficient (Wildman–Crippen LogP) is 6.71. The lowest BCUT2D eigenvalue weighted by atomic mass is 10.2. The molecule has 0 amide bonds. The Morgan fingerprint density at radius 3 is 2.40 bits per heavy atom. The topological polar surface area (TPSA) is 96.9 Å². The van der Waals surface area contributed by atoms with Crippen molar-refractivity contribution in [1.29, 1.82) is 0 Å². The van der Waals surface area contributed by atoms with Gasteiger partial charge >= 0.3 is 13.3 Å². The second kappa shape index (κ2) is 9.81. The van der Waals surface area contributed by atoms with Crippen LogP contribution in [0.4, 0.5) is 14.5 Å². The summed E-state index contributed by atoms with van der Waals surface area (Å²) in [6.07, 6.45) is 0. The van der Waals surface area contributed by atoms with Gasteiger partial charge in [-0.3, -0.25) is 4.57 Å². The molecule has 0 radical (unpaired) electrons. The predicted molar refractivity (Wildman–Crippen MR) is 131 cm³/mol. The van der Waals surface area contributed by atoms with Crippen LogP contribution in [-0.4, -0.2) is 19.6 Å². The maximum atomic E-state index is 13.8. The standard InChI is InChI=1S/C22H16Cl2F2N3O4PS/c1-29-21(27-15-7-10-18(23)19(24)12-15)35-20(28-29)13-3-2-4-17(11-13)33-16-8-5-14(6-9-16)22(25,26)34(30,31)32/h2-12H,1H3,(H2,30,31,32)/b27-21+. The number of benzene rings is 3. The lowest BCUT2D eigenvalue weighted by Gasteiger charge is -2.18. The summed E-state index contributed by atoms with van der Waals surface area (Å²) < 4.78 is 46.1. The Kier molecular flexibility index (Phi) is 7.15. The molecule has 0 aliphatic carbocycles. The lowest BCUT2D eigenvalue weighted by molar-refractivity contribution is 0.0564. The summed E-state index contributed by atoms with van der Waals surface area (Å²) in [5.41, 5.74) is -3.73. The van der Waals surface area contributed by atoms with Gasteiger partial charge in [-0.1, -0.05) is 46.7 Å². The van der Waals surface area contributed by atoms with Gasteiger partial charge in [-0.25, -0.2) is 9.67 Å². The largest absolute Gasteiger partial charge is 0.457 e. The average Bonchev–Trinajstić information content (AvgIpc) is 3.16. The van der Waals surface area contributed by atoms with Crippen LogP contribution in [0, 0.1) is 0 Å². The Morgan fingerprint density at radius 2 is 1.74 bits per heavy atom. The average molecular weight is 558 g/mol. The molecule has 0 aliphatic heterocycles. The molecule has 0 aliphatic rings. The van der Waals surface area contributed by atoms with Gasteiger partial charge in [-0.15, -0.1) is 0 Å². The molecule has 1 heterocycles. The van der Waals surface area contributed by atoms with Crippen molar-refractivity contribution in [1.82, 2.24) is 9.78 Å². The molecular weight excluding hydrogens is 542 g/mol. The molecule has 0 fully saturated rings. The third-order valence-electron chi connectivity index (χ3n) is 4.72. The highest BCUT2D eigenvalue weighted by Gasteiger charge is 2.50. The van der Waals surface area contributed by atoms with E-state index in [1.54, 1.807) is 48.1 Å². The first-order valence-corrected chi connectivity index (χ1v) is 13.0. The molecule has 7 nitrogen and oxygen atoms in total. The number of halogens is 4. The number of hydrogen-bond acceptors (Lipinski definition) is 5. The SMILES string of the molecule is Cn1nc(-c2cccc(Oc3ccc(C(F)(F)P(=O)(O)O)cc3)c2)s/c1=N/c1ccc(Cl)c(Cl)c1. The molecule has 3 aromatic carbocycles. The first-order valence-electron chi connectivity index (χ1n) is 9.80. The Labute approximate surface area is 212 Å². The summed E-state index contributed by atoms with van der Waals surface area (Å²) in [5.74, 6) is 0.630. The quantitative estimate of drug-likeness (QED) is 0.257. The third kappa shape index (κ3) is 5.64. The number of nitrogens with zero attached hydrogens (tertiary/aromatic N) is 3. The third-order valence-corrected chi connectivity index (χ3v) is 7.50. The van der Waals surface area contributed by atoms with Crippen molar-refractivity contribution >= 4 is 47.8 Å². The second-order valence-corrected chi connectivity index (χ2v) is 10.7. The van der Waals surface area contributed by atoms with Gasteiger partial charge in [0.1, 0.15) is 16.5 Å². The first kappa shape index (κ1) is 25.5. The van der Waals surface area contributed by atoms with Gasteiger partial charge in [0, 0.05) is 18.2 Å². The van der Waals surface area contributed by atoms with Crippen LogP contribution >= 0.6 is 42.1 Å². The van der Waals surface area contributed by atoms with E-state index in [2.05, 4.69) is 10.1 Å². The maximum Gasteiger partial charge on any atom is 0.399 e. The van der Waals surface area contributed by atoms with Crippen molar-refractivity contribution in [3.05, 3.63) is 87.1 Å². The molecule has 2 N–H and O–H groups in total. The molecular formula is C22H16Cl2F2N3O4PS. The molecule has 0 atom stereocenters. The van der Waals surface area contributed by atoms with Crippen molar-refractivity contribution < 1.29 is 27.9 Å². The van der Waals surface area contributed by atoms with E-state index >= 15 is 0 Å². The van der Waals surface area contributed by atoms with Gasteiger partial charge in [-0.2, -0.15) is 13.9 Å². The van der Waals surface area contributed by atoms with E-state index < -0.39 is 18.8 Å². The van der Waals surface area contributed by atoms with E-state index in [1.165, 1.54) is 23.5 Å². The van der Waals surface area contributed by atoms with E-state index in [-0.39, 0.29) is 5.75 Å². The van der Waals surface area contributed by atoms with Crippen LogP contribution in [-0.2, 0) is 17.3 Å². The lowest BCUT2D eigenvalue weighted by Crippen LogP contribution is -2.13. The Bertz CT molecular complexity index is 1500. The summed E-state index contributed by atoms with van der Waals surface area (Å²) in [6.45, 7) is 0. The Hall–Kier alpha value is -2.59. The van der Waals surface area contributed by atoms with Crippen molar-refractivity contribution in [2.75, 3.05) is 0 Å². The summed E-state index contributed by atoms with van der Waals surface area (Å²) in [5, 5.41) is 5.98. The minimum absolute atomic E-state index is 0.215. The van der Waals surface area contributed by atoms with Crippen molar-refractivity contribution in [3.63, 3.8) is 0 Å². The first-order chi connectivity index (χ1) is 16.4. The minimum atomic E-state index is -5.64. The van der Waals surface area contributed by atoms with E-state index in [4.69, 9.17) is 37.7 Å². The second-order valence-electron chi connectivity index (χ2n) is 7.26. The zero-order valence-electron chi connectivity index (χ0n) is 17.8. The van der Waals surface area contributed by atoms with Crippen LogP contribution < -0.4 is 9.54 Å². The fourth-order valence-electron chi connectivity index (χ4n) is 2.95. The highest BCUT2D eigenvalue weighted by atomic mass is 35.5. The molecule has 4 rings (SSSR count). The molecule has 0 bridgehead atoms. The van der Waals surface area contributed by atoms with Crippen molar-refractivity contribution in [2.45, 2.75) is 5.66 Å². The fraction of sp³-hybridized carbons (Fsp3) is 0.0909. The van der Waals surface area contributed by atoms with Gasteiger partial charge < -0.3 is 14.5 Å². The highest BCUT2D eigenvalue weighted by Crippen LogP contribution is 2.59. The number of aryl methyl sites for hydroxylation is 1. The Balaban J connectivity index is 1.57. The molecule has 35 heavy (non-hydrogen) atoms.